The summed E-state index contributed by atoms with van der Waals surface area (Å²) in [6.45, 7) is 3.87. The van der Waals surface area contributed by atoms with E-state index in [1.165, 1.54) is 0 Å². The maximum Gasteiger partial charge on any atom is 0.211 e. The first kappa shape index (κ1) is 15.9. The molecule has 8 N–H and O–H groups in total. The zero-order chi connectivity index (χ0) is 14.0. The Kier molecular flexibility index (Phi) is 7.91. The molecule has 0 aromatic rings. The van der Waals surface area contributed by atoms with E-state index in [1.54, 1.807) is 6.92 Å². The molecule has 0 spiro atoms. The summed E-state index contributed by atoms with van der Waals surface area (Å²) in [6.07, 6.45) is 3.90. The van der Waals surface area contributed by atoms with E-state index in [1.807, 2.05) is 0 Å². The number of hydrogen-bond donors (Lipinski definition) is 4. The van der Waals surface area contributed by atoms with E-state index in [9.17, 15) is 0 Å². The third-order valence-electron chi connectivity index (χ3n) is 2.04. The van der Waals surface area contributed by atoms with E-state index in [4.69, 9.17) is 22.9 Å². The Hall–Kier alpha value is -2.12. The molecular formula is C10H22N8. The van der Waals surface area contributed by atoms with E-state index in [2.05, 4.69) is 27.3 Å². The minimum absolute atomic E-state index is 0.0994. The molecule has 0 saturated heterocycles. The van der Waals surface area contributed by atoms with Crippen LogP contribution in [0.25, 0.3) is 0 Å². The summed E-state index contributed by atoms with van der Waals surface area (Å²) in [5.74, 6) is -0.207. The number of hydrogen-bond acceptors (Lipinski definition) is 4. The van der Waals surface area contributed by atoms with Crippen molar-refractivity contribution in [3.05, 3.63) is 0 Å². The summed E-state index contributed by atoms with van der Waals surface area (Å²) < 4.78 is 0. The average molecular weight is 254 g/mol. The molecule has 0 radical (unpaired) electrons. The molecule has 0 aliphatic rings. The Balaban J connectivity index is 4.85. The fraction of sp³-hybridized carbons (Fsp3) is 0.600. The SMILES string of the molecule is CCCCCC(=NN=C(N)N)C(C)=NN=C(N)N. The van der Waals surface area contributed by atoms with Crippen molar-refractivity contribution in [1.82, 2.24) is 0 Å². The number of nitrogens with zero attached hydrogens (tertiary/aromatic N) is 4. The van der Waals surface area contributed by atoms with Crippen molar-refractivity contribution in [3.63, 3.8) is 0 Å². The average Bonchev–Trinajstić information content (AvgIpc) is 2.30. The van der Waals surface area contributed by atoms with Gasteiger partial charge in [-0.3, -0.25) is 0 Å². The van der Waals surface area contributed by atoms with Crippen LogP contribution in [-0.2, 0) is 0 Å². The lowest BCUT2D eigenvalue weighted by Gasteiger charge is -2.02. The van der Waals surface area contributed by atoms with E-state index in [-0.39, 0.29) is 11.9 Å². The smallest absolute Gasteiger partial charge is 0.211 e. The van der Waals surface area contributed by atoms with Gasteiger partial charge in [0, 0.05) is 0 Å². The molecule has 0 bridgehead atoms. The highest BCUT2D eigenvalue weighted by molar-refractivity contribution is 6.41. The molecule has 0 rings (SSSR count). The molecule has 0 unspecified atom stereocenters. The molecular weight excluding hydrogens is 232 g/mol. The minimum Gasteiger partial charge on any atom is -0.369 e. The first-order chi connectivity index (χ1) is 8.47. The summed E-state index contributed by atoms with van der Waals surface area (Å²) >= 11 is 0. The molecule has 0 fully saturated rings. The van der Waals surface area contributed by atoms with Crippen molar-refractivity contribution in [2.24, 2.45) is 43.3 Å². The van der Waals surface area contributed by atoms with Gasteiger partial charge in [-0.1, -0.05) is 19.8 Å². The molecule has 0 amide bonds. The summed E-state index contributed by atoms with van der Waals surface area (Å²) in [6, 6.07) is 0. The van der Waals surface area contributed by atoms with Gasteiger partial charge < -0.3 is 22.9 Å². The first-order valence-corrected chi connectivity index (χ1v) is 5.76. The van der Waals surface area contributed by atoms with Crippen molar-refractivity contribution in [2.75, 3.05) is 0 Å². The Bertz CT molecular complexity index is 358. The van der Waals surface area contributed by atoms with Crippen LogP contribution in [0.1, 0.15) is 39.5 Å². The molecule has 0 saturated carbocycles. The fourth-order valence-corrected chi connectivity index (χ4v) is 1.15. The highest BCUT2D eigenvalue weighted by Crippen LogP contribution is 2.03. The molecule has 0 heterocycles. The molecule has 8 nitrogen and oxygen atoms in total. The third-order valence-corrected chi connectivity index (χ3v) is 2.04. The van der Waals surface area contributed by atoms with Crippen LogP contribution in [0.15, 0.2) is 20.4 Å². The van der Waals surface area contributed by atoms with Gasteiger partial charge in [-0.15, -0.1) is 10.2 Å². The summed E-state index contributed by atoms with van der Waals surface area (Å²) in [4.78, 5) is 0. The van der Waals surface area contributed by atoms with Crippen LogP contribution in [0.3, 0.4) is 0 Å². The van der Waals surface area contributed by atoms with Crippen LogP contribution >= 0.6 is 0 Å². The number of rotatable bonds is 7. The van der Waals surface area contributed by atoms with Crippen LogP contribution in [0.4, 0.5) is 0 Å². The van der Waals surface area contributed by atoms with E-state index in [0.717, 1.165) is 25.7 Å². The highest BCUT2D eigenvalue weighted by Gasteiger charge is 2.04. The monoisotopic (exact) mass is 254 g/mol. The standard InChI is InChI=1S/C10H22N8/c1-3-4-5-6-8(16-18-10(13)14)7(2)15-17-9(11)12/h3-6H2,1-2H3,(H4,11,12,17)(H4,13,14,18). The van der Waals surface area contributed by atoms with Crippen molar-refractivity contribution in [3.8, 4) is 0 Å². The predicted octanol–water partition coefficient (Wildman–Crippen LogP) is -0.155. The second-order valence-electron chi connectivity index (χ2n) is 3.74. The zero-order valence-electron chi connectivity index (χ0n) is 10.9. The van der Waals surface area contributed by atoms with Gasteiger partial charge in [0.25, 0.3) is 0 Å². The molecule has 0 aromatic carbocycles. The topological polar surface area (TPSA) is 154 Å². The second-order valence-corrected chi connectivity index (χ2v) is 3.74. The molecule has 0 aliphatic heterocycles. The Morgan fingerprint density at radius 3 is 1.89 bits per heavy atom. The predicted molar refractivity (Wildman–Crippen MR) is 76.3 cm³/mol. The zero-order valence-corrected chi connectivity index (χ0v) is 10.9. The largest absolute Gasteiger partial charge is 0.369 e. The Morgan fingerprint density at radius 1 is 0.833 bits per heavy atom. The highest BCUT2D eigenvalue weighted by atomic mass is 15.3. The van der Waals surface area contributed by atoms with Crippen LogP contribution in [0.5, 0.6) is 0 Å². The van der Waals surface area contributed by atoms with E-state index >= 15 is 0 Å². The fourth-order valence-electron chi connectivity index (χ4n) is 1.15. The van der Waals surface area contributed by atoms with Crippen molar-refractivity contribution in [1.29, 1.82) is 0 Å². The van der Waals surface area contributed by atoms with Crippen LogP contribution in [0, 0.1) is 0 Å². The van der Waals surface area contributed by atoms with Gasteiger partial charge in [0.1, 0.15) is 0 Å². The molecule has 0 atom stereocenters. The van der Waals surface area contributed by atoms with Gasteiger partial charge in [-0.05, 0) is 19.8 Å². The van der Waals surface area contributed by atoms with Crippen molar-refractivity contribution >= 4 is 23.3 Å². The minimum atomic E-state index is -0.107. The molecule has 18 heavy (non-hydrogen) atoms. The first-order valence-electron chi connectivity index (χ1n) is 5.76. The number of guanidine groups is 2. The number of nitrogens with two attached hydrogens (primary N) is 4. The van der Waals surface area contributed by atoms with Gasteiger partial charge in [0.2, 0.25) is 11.9 Å². The van der Waals surface area contributed by atoms with Crippen molar-refractivity contribution in [2.45, 2.75) is 39.5 Å². The molecule has 0 aliphatic carbocycles. The normalized spacial score (nSPS) is 12.1. The van der Waals surface area contributed by atoms with Crippen LogP contribution in [0.2, 0.25) is 0 Å². The van der Waals surface area contributed by atoms with Gasteiger partial charge in [0.05, 0.1) is 11.4 Å². The van der Waals surface area contributed by atoms with Crippen molar-refractivity contribution < 1.29 is 0 Å². The van der Waals surface area contributed by atoms with Crippen LogP contribution in [-0.4, -0.2) is 23.3 Å². The second kappa shape index (κ2) is 8.97. The summed E-state index contributed by atoms with van der Waals surface area (Å²) in [5, 5.41) is 15.0. The quantitative estimate of drug-likeness (QED) is 0.216. The van der Waals surface area contributed by atoms with Crippen LogP contribution < -0.4 is 22.9 Å². The number of unbranched alkanes of at least 4 members (excludes halogenated alkanes) is 2. The molecule has 8 heteroatoms. The van der Waals surface area contributed by atoms with Gasteiger partial charge in [-0.25, -0.2) is 0 Å². The summed E-state index contributed by atoms with van der Waals surface area (Å²) in [7, 11) is 0. The third kappa shape index (κ3) is 8.08. The lowest BCUT2D eigenvalue weighted by Crippen LogP contribution is -2.23. The lowest BCUT2D eigenvalue weighted by molar-refractivity contribution is 0.742. The van der Waals surface area contributed by atoms with E-state index < -0.39 is 0 Å². The molecule has 102 valence electrons. The maximum absolute atomic E-state index is 5.23. The lowest BCUT2D eigenvalue weighted by atomic mass is 10.1. The summed E-state index contributed by atoms with van der Waals surface area (Å²) in [5.41, 5.74) is 22.1. The van der Waals surface area contributed by atoms with Gasteiger partial charge in [0.15, 0.2) is 0 Å². The molecule has 0 aromatic heterocycles. The van der Waals surface area contributed by atoms with Gasteiger partial charge in [-0.2, -0.15) is 10.2 Å². The Labute approximate surface area is 107 Å². The Morgan fingerprint density at radius 2 is 1.39 bits per heavy atom. The maximum atomic E-state index is 5.23. The van der Waals surface area contributed by atoms with E-state index in [0.29, 0.717) is 11.4 Å². The van der Waals surface area contributed by atoms with Gasteiger partial charge >= 0.3 is 0 Å².